The fraction of sp³-hybridized carbons (Fsp3) is 0.300. The Hall–Kier alpha value is -2.17. The van der Waals surface area contributed by atoms with Gasteiger partial charge in [0, 0.05) is 6.61 Å². The van der Waals surface area contributed by atoms with E-state index in [0.717, 1.165) is 18.4 Å². The lowest BCUT2D eigenvalue weighted by molar-refractivity contribution is -0.122. The van der Waals surface area contributed by atoms with E-state index in [1.165, 1.54) is 0 Å². The first kappa shape index (κ1) is 17.6. The van der Waals surface area contributed by atoms with Crippen molar-refractivity contribution in [3.63, 3.8) is 0 Å². The van der Waals surface area contributed by atoms with Crippen LogP contribution in [-0.4, -0.2) is 24.5 Å². The summed E-state index contributed by atoms with van der Waals surface area (Å²) < 4.78 is 11.3. The third kappa shape index (κ3) is 4.91. The van der Waals surface area contributed by atoms with Crippen LogP contribution < -0.4 is 0 Å². The molecule has 0 aromatic heterocycles. The Morgan fingerprint density at radius 2 is 1.80 bits per heavy atom. The van der Waals surface area contributed by atoms with Crippen molar-refractivity contribution >= 4 is 23.4 Å². The predicted molar refractivity (Wildman–Crippen MR) is 97.8 cm³/mol. The van der Waals surface area contributed by atoms with Gasteiger partial charge in [-0.25, -0.2) is 0 Å². The van der Waals surface area contributed by atoms with Gasteiger partial charge in [-0.3, -0.25) is 4.79 Å². The summed E-state index contributed by atoms with van der Waals surface area (Å²) in [5.74, 6) is 0.0843. The van der Waals surface area contributed by atoms with E-state index in [-0.39, 0.29) is 5.91 Å². The van der Waals surface area contributed by atoms with Gasteiger partial charge in [-0.2, -0.15) is 4.99 Å². The Labute approximate surface area is 152 Å². The molecule has 1 aliphatic heterocycles. The minimum atomic E-state index is -0.514. The third-order valence-corrected chi connectivity index (χ3v) is 4.29. The van der Waals surface area contributed by atoms with Crippen LogP contribution in [-0.2, 0) is 20.9 Å². The molecule has 0 saturated carbocycles. The van der Waals surface area contributed by atoms with Crippen molar-refractivity contribution in [2.45, 2.75) is 32.0 Å². The Balaban J connectivity index is 1.37. The molecule has 1 amide bonds. The summed E-state index contributed by atoms with van der Waals surface area (Å²) in [6.07, 6.45) is 1.84. The minimum Gasteiger partial charge on any atom is -0.464 e. The van der Waals surface area contributed by atoms with Crippen LogP contribution in [0, 0.1) is 0 Å². The molecule has 3 rings (SSSR count). The molecule has 5 heteroatoms. The number of carbonyl (C=O) groups is 1. The highest BCUT2D eigenvalue weighted by Gasteiger charge is 2.29. The third-order valence-electron chi connectivity index (χ3n) is 3.96. The lowest BCUT2D eigenvalue weighted by Gasteiger charge is -2.10. The van der Waals surface area contributed by atoms with E-state index in [2.05, 4.69) is 4.99 Å². The van der Waals surface area contributed by atoms with Crippen LogP contribution in [0.5, 0.6) is 0 Å². The number of nitrogens with zero attached hydrogens (tertiary/aromatic N) is 1. The molecule has 2 aromatic rings. The van der Waals surface area contributed by atoms with Gasteiger partial charge in [-0.1, -0.05) is 54.1 Å². The van der Waals surface area contributed by atoms with Crippen molar-refractivity contribution in [2.75, 3.05) is 6.61 Å². The molecule has 0 spiro atoms. The molecule has 25 heavy (non-hydrogen) atoms. The van der Waals surface area contributed by atoms with Gasteiger partial charge >= 0.3 is 0 Å². The monoisotopic (exact) mass is 357 g/mol. The van der Waals surface area contributed by atoms with Gasteiger partial charge in [-0.15, -0.1) is 0 Å². The lowest BCUT2D eigenvalue weighted by atomic mass is 10.1. The first-order valence-corrected chi connectivity index (χ1v) is 8.77. The molecular weight excluding hydrogens is 338 g/mol. The van der Waals surface area contributed by atoms with Gasteiger partial charge in [0.1, 0.15) is 0 Å². The topological polar surface area (TPSA) is 47.9 Å². The molecular formula is C20H20ClNO3. The van der Waals surface area contributed by atoms with Crippen molar-refractivity contribution in [3.8, 4) is 0 Å². The maximum absolute atomic E-state index is 12.0. The average molecular weight is 358 g/mol. The zero-order valence-electron chi connectivity index (χ0n) is 13.9. The maximum atomic E-state index is 12.0. The first-order valence-electron chi connectivity index (χ1n) is 8.40. The van der Waals surface area contributed by atoms with E-state index in [1.54, 1.807) is 12.1 Å². The molecule has 2 aromatic carbocycles. The predicted octanol–water partition coefficient (Wildman–Crippen LogP) is 4.40. The highest BCUT2D eigenvalue weighted by Crippen LogP contribution is 2.22. The number of unbranched alkanes of at least 4 members (excludes halogenated alkanes) is 1. The van der Waals surface area contributed by atoms with Crippen molar-refractivity contribution in [3.05, 3.63) is 70.7 Å². The van der Waals surface area contributed by atoms with Crippen LogP contribution in [0.1, 0.15) is 30.4 Å². The standard InChI is InChI=1S/C20H20ClNO3/c21-17-11-5-4-10-16(17)20-22-19(23)18(25-20)12-6-7-13-24-14-15-8-2-1-3-9-15/h1-5,8-11,18H,6-7,12-14H2. The second-order valence-corrected chi connectivity index (χ2v) is 6.28. The van der Waals surface area contributed by atoms with Gasteiger partial charge in [0.15, 0.2) is 6.10 Å². The van der Waals surface area contributed by atoms with E-state index < -0.39 is 6.10 Å². The van der Waals surface area contributed by atoms with E-state index in [0.29, 0.717) is 36.1 Å². The first-order chi connectivity index (χ1) is 12.2. The van der Waals surface area contributed by atoms with E-state index >= 15 is 0 Å². The fourth-order valence-electron chi connectivity index (χ4n) is 2.62. The summed E-state index contributed by atoms with van der Waals surface area (Å²) in [6.45, 7) is 1.27. The molecule has 0 bridgehead atoms. The summed E-state index contributed by atoms with van der Waals surface area (Å²) in [6, 6.07) is 17.3. The molecule has 0 saturated heterocycles. The molecule has 1 unspecified atom stereocenters. The Kier molecular flexibility index (Phi) is 6.20. The zero-order chi connectivity index (χ0) is 17.5. The number of hydrogen-bond donors (Lipinski definition) is 0. The van der Waals surface area contributed by atoms with Gasteiger partial charge in [0.2, 0.25) is 5.90 Å². The SMILES string of the molecule is O=C1N=C(c2ccccc2Cl)OC1CCCCOCc1ccccc1. The number of halogens is 1. The summed E-state index contributed by atoms with van der Waals surface area (Å²) >= 11 is 6.12. The van der Waals surface area contributed by atoms with E-state index in [9.17, 15) is 4.79 Å². The summed E-state index contributed by atoms with van der Waals surface area (Å²) in [5, 5.41) is 0.531. The largest absolute Gasteiger partial charge is 0.464 e. The second kappa shape index (κ2) is 8.79. The fourth-order valence-corrected chi connectivity index (χ4v) is 2.84. The Bertz CT molecular complexity index is 746. The van der Waals surface area contributed by atoms with Crippen molar-refractivity contribution in [1.82, 2.24) is 0 Å². The molecule has 130 valence electrons. The zero-order valence-corrected chi connectivity index (χ0v) is 14.6. The van der Waals surface area contributed by atoms with Crippen molar-refractivity contribution in [1.29, 1.82) is 0 Å². The molecule has 0 radical (unpaired) electrons. The molecule has 1 heterocycles. The minimum absolute atomic E-state index is 0.236. The molecule has 1 atom stereocenters. The van der Waals surface area contributed by atoms with Gasteiger partial charge in [0.05, 0.1) is 17.2 Å². The van der Waals surface area contributed by atoms with E-state index in [1.807, 2.05) is 42.5 Å². The van der Waals surface area contributed by atoms with Crippen LogP contribution in [0.3, 0.4) is 0 Å². The normalized spacial score (nSPS) is 16.6. The van der Waals surface area contributed by atoms with Crippen LogP contribution in [0.2, 0.25) is 5.02 Å². The van der Waals surface area contributed by atoms with Gasteiger partial charge in [0.25, 0.3) is 5.91 Å². The average Bonchev–Trinajstić information content (AvgIpc) is 3.00. The van der Waals surface area contributed by atoms with Crippen molar-refractivity contribution < 1.29 is 14.3 Å². The Morgan fingerprint density at radius 1 is 1.04 bits per heavy atom. The number of ether oxygens (including phenoxy) is 2. The van der Waals surface area contributed by atoms with Crippen LogP contribution >= 0.6 is 11.6 Å². The maximum Gasteiger partial charge on any atom is 0.290 e. The number of hydrogen-bond acceptors (Lipinski definition) is 3. The quantitative estimate of drug-likeness (QED) is 0.658. The number of amides is 1. The number of carbonyl (C=O) groups excluding carboxylic acids is 1. The van der Waals surface area contributed by atoms with Gasteiger partial charge < -0.3 is 9.47 Å². The lowest BCUT2D eigenvalue weighted by Crippen LogP contribution is -2.18. The Morgan fingerprint density at radius 3 is 2.60 bits per heavy atom. The molecule has 0 fully saturated rings. The molecule has 0 aliphatic carbocycles. The van der Waals surface area contributed by atoms with Crippen molar-refractivity contribution in [2.24, 2.45) is 4.99 Å². The molecule has 1 aliphatic rings. The van der Waals surface area contributed by atoms with Crippen LogP contribution in [0.25, 0.3) is 0 Å². The smallest absolute Gasteiger partial charge is 0.290 e. The summed E-state index contributed by atoms with van der Waals surface area (Å²) in [5.41, 5.74) is 1.82. The number of benzene rings is 2. The van der Waals surface area contributed by atoms with E-state index in [4.69, 9.17) is 21.1 Å². The highest BCUT2D eigenvalue weighted by molar-refractivity contribution is 6.34. The molecule has 0 N–H and O–H groups in total. The number of rotatable bonds is 8. The highest BCUT2D eigenvalue weighted by atomic mass is 35.5. The van der Waals surface area contributed by atoms with Crippen LogP contribution in [0.4, 0.5) is 0 Å². The summed E-state index contributed by atoms with van der Waals surface area (Å²) in [7, 11) is 0. The van der Waals surface area contributed by atoms with Crippen LogP contribution in [0.15, 0.2) is 59.6 Å². The second-order valence-electron chi connectivity index (χ2n) is 5.88. The summed E-state index contributed by atoms with van der Waals surface area (Å²) in [4.78, 5) is 16.0. The molecule has 4 nitrogen and oxygen atoms in total. The van der Waals surface area contributed by atoms with Gasteiger partial charge in [-0.05, 0) is 37.0 Å². The number of aliphatic imine (C=N–C) groups is 1.